The van der Waals surface area contributed by atoms with E-state index in [9.17, 15) is 0 Å². The Morgan fingerprint density at radius 3 is 1.48 bits per heavy atom. The predicted octanol–water partition coefficient (Wildman–Crippen LogP) is 11.8. The molecule has 244 valence electrons. The van der Waals surface area contributed by atoms with Crippen LogP contribution in [0.5, 0.6) is 0 Å². The molecule has 6 aromatic carbocycles. The SMILES string of the molecule is c1ccc2nc(-c3ccc(N(c4ccc(-c5ccc6c(n5)sc5ccccc56)cc4)c4ccc(-c5ncc6ccccc6n5)cc4)cc3)ncc2c1. The topological polar surface area (TPSA) is 67.7 Å². The second-order valence-corrected chi connectivity index (χ2v) is 13.7. The number of rotatable bonds is 6. The zero-order valence-corrected chi connectivity index (χ0v) is 28.6. The van der Waals surface area contributed by atoms with Gasteiger partial charge in [0.25, 0.3) is 0 Å². The molecule has 0 aliphatic carbocycles. The van der Waals surface area contributed by atoms with E-state index in [4.69, 9.17) is 15.0 Å². The monoisotopic (exact) mass is 684 g/mol. The van der Waals surface area contributed by atoms with Gasteiger partial charge >= 0.3 is 0 Å². The van der Waals surface area contributed by atoms with Gasteiger partial charge in [0, 0.05) is 72.4 Å². The third-order valence-electron chi connectivity index (χ3n) is 9.41. The summed E-state index contributed by atoms with van der Waals surface area (Å²) in [7, 11) is 0. The van der Waals surface area contributed by atoms with E-state index in [1.165, 1.54) is 15.5 Å². The van der Waals surface area contributed by atoms with E-state index < -0.39 is 0 Å². The maximum Gasteiger partial charge on any atom is 0.159 e. The Kier molecular flexibility index (Phi) is 7.22. The van der Waals surface area contributed by atoms with E-state index in [0.717, 1.165) is 66.1 Å². The van der Waals surface area contributed by atoms with Crippen molar-refractivity contribution in [3.8, 4) is 34.0 Å². The number of hydrogen-bond donors (Lipinski definition) is 0. The maximum atomic E-state index is 5.07. The number of thiophene rings is 1. The summed E-state index contributed by atoms with van der Waals surface area (Å²) in [6.07, 6.45) is 3.77. The molecule has 52 heavy (non-hydrogen) atoms. The quantitative estimate of drug-likeness (QED) is 0.174. The summed E-state index contributed by atoms with van der Waals surface area (Å²) in [5.74, 6) is 1.40. The minimum atomic E-state index is 0.698. The molecule has 4 aromatic heterocycles. The molecule has 10 aromatic rings. The summed E-state index contributed by atoms with van der Waals surface area (Å²) in [6.45, 7) is 0. The van der Waals surface area contributed by atoms with Gasteiger partial charge in [0.2, 0.25) is 0 Å². The molecule has 0 fully saturated rings. The summed E-state index contributed by atoms with van der Waals surface area (Å²) < 4.78 is 1.25. The lowest BCUT2D eigenvalue weighted by molar-refractivity contribution is 1.22. The first-order chi connectivity index (χ1) is 25.7. The molecule has 0 aliphatic rings. The molecule has 0 aliphatic heterocycles. The average Bonchev–Trinajstić information content (AvgIpc) is 3.59. The molecular formula is C45H28N6S. The van der Waals surface area contributed by atoms with Crippen molar-refractivity contribution in [3.05, 3.63) is 170 Å². The maximum absolute atomic E-state index is 5.07. The Balaban J connectivity index is 1.02. The zero-order valence-electron chi connectivity index (χ0n) is 27.8. The van der Waals surface area contributed by atoms with Crippen LogP contribution in [0.25, 0.3) is 76.1 Å². The first-order valence-corrected chi connectivity index (χ1v) is 17.9. The van der Waals surface area contributed by atoms with Crippen molar-refractivity contribution in [3.63, 3.8) is 0 Å². The van der Waals surface area contributed by atoms with Crippen LogP contribution in [0.3, 0.4) is 0 Å². The molecule has 0 radical (unpaired) electrons. The van der Waals surface area contributed by atoms with Gasteiger partial charge in [-0.15, -0.1) is 11.3 Å². The first-order valence-electron chi connectivity index (χ1n) is 17.1. The summed E-state index contributed by atoms with van der Waals surface area (Å²) in [5, 5.41) is 4.49. The minimum absolute atomic E-state index is 0.698. The highest BCUT2D eigenvalue weighted by molar-refractivity contribution is 7.25. The molecule has 10 rings (SSSR count). The lowest BCUT2D eigenvalue weighted by Crippen LogP contribution is -2.10. The van der Waals surface area contributed by atoms with Crippen molar-refractivity contribution in [2.45, 2.75) is 0 Å². The Bertz CT molecular complexity index is 2780. The van der Waals surface area contributed by atoms with Gasteiger partial charge in [-0.3, -0.25) is 0 Å². The van der Waals surface area contributed by atoms with E-state index in [2.05, 4.69) is 124 Å². The standard InChI is InChI=1S/C45H28N6S/c1-4-10-39-32(7-1)27-46-43(48-39)30-15-21-35(22-16-30)51(36-23-17-31(18-24-36)44-47-28-33-8-2-5-11-40(33)49-44)34-19-13-29(14-20-34)41-26-25-38-37-9-3-6-12-42(37)52-45(38)50-41/h1-28H. The average molecular weight is 685 g/mol. The predicted molar refractivity (Wildman–Crippen MR) is 214 cm³/mol. The highest BCUT2D eigenvalue weighted by atomic mass is 32.1. The van der Waals surface area contributed by atoms with Crippen molar-refractivity contribution in [2.75, 3.05) is 4.90 Å². The number of fused-ring (bicyclic) bond motifs is 5. The molecule has 0 unspecified atom stereocenters. The van der Waals surface area contributed by atoms with E-state index in [-0.39, 0.29) is 0 Å². The fourth-order valence-electron chi connectivity index (χ4n) is 6.74. The van der Waals surface area contributed by atoms with Crippen molar-refractivity contribution in [2.24, 2.45) is 0 Å². The second kappa shape index (κ2) is 12.5. The van der Waals surface area contributed by atoms with Crippen LogP contribution in [-0.4, -0.2) is 24.9 Å². The van der Waals surface area contributed by atoms with Gasteiger partial charge in [0.05, 0.1) is 16.7 Å². The lowest BCUT2D eigenvalue weighted by atomic mass is 10.1. The van der Waals surface area contributed by atoms with Crippen molar-refractivity contribution in [1.29, 1.82) is 0 Å². The van der Waals surface area contributed by atoms with Crippen LogP contribution in [-0.2, 0) is 0 Å². The van der Waals surface area contributed by atoms with Crippen LogP contribution >= 0.6 is 11.3 Å². The fraction of sp³-hybridized carbons (Fsp3) is 0. The van der Waals surface area contributed by atoms with E-state index >= 15 is 0 Å². The van der Waals surface area contributed by atoms with Crippen LogP contribution in [0.1, 0.15) is 0 Å². The van der Waals surface area contributed by atoms with E-state index in [0.29, 0.717) is 11.6 Å². The molecule has 0 bridgehead atoms. The highest BCUT2D eigenvalue weighted by Crippen LogP contribution is 2.38. The van der Waals surface area contributed by atoms with Gasteiger partial charge in [0.1, 0.15) is 4.83 Å². The van der Waals surface area contributed by atoms with E-state index in [1.807, 2.05) is 60.9 Å². The summed E-state index contributed by atoms with van der Waals surface area (Å²) >= 11 is 1.74. The van der Waals surface area contributed by atoms with Gasteiger partial charge in [0.15, 0.2) is 11.6 Å². The molecule has 0 N–H and O–H groups in total. The number of para-hydroxylation sites is 2. The molecule has 4 heterocycles. The van der Waals surface area contributed by atoms with Crippen LogP contribution in [0.2, 0.25) is 0 Å². The Morgan fingerprint density at radius 1 is 0.404 bits per heavy atom. The van der Waals surface area contributed by atoms with Crippen LogP contribution in [0.15, 0.2) is 170 Å². The number of pyridine rings is 1. The molecule has 0 amide bonds. The molecule has 0 spiro atoms. The fourth-order valence-corrected chi connectivity index (χ4v) is 7.81. The summed E-state index contributed by atoms with van der Waals surface area (Å²) in [5.41, 5.74) is 8.83. The number of benzene rings is 6. The first kappa shape index (κ1) is 30.0. The lowest BCUT2D eigenvalue weighted by Gasteiger charge is -2.26. The van der Waals surface area contributed by atoms with Gasteiger partial charge in [-0.2, -0.15) is 0 Å². The molecular weight excluding hydrogens is 657 g/mol. The zero-order chi connectivity index (χ0) is 34.4. The largest absolute Gasteiger partial charge is 0.311 e. The summed E-state index contributed by atoms with van der Waals surface area (Å²) in [4.78, 5) is 27.3. The molecule has 6 nitrogen and oxygen atoms in total. The van der Waals surface area contributed by atoms with Crippen molar-refractivity contribution < 1.29 is 0 Å². The van der Waals surface area contributed by atoms with E-state index in [1.54, 1.807) is 11.3 Å². The number of nitrogens with zero attached hydrogens (tertiary/aromatic N) is 6. The van der Waals surface area contributed by atoms with Gasteiger partial charge in [-0.25, -0.2) is 24.9 Å². The molecule has 0 saturated heterocycles. The molecule has 0 atom stereocenters. The van der Waals surface area contributed by atoms with Gasteiger partial charge in [-0.1, -0.05) is 66.7 Å². The van der Waals surface area contributed by atoms with Gasteiger partial charge in [-0.05, 0) is 91.0 Å². The van der Waals surface area contributed by atoms with Gasteiger partial charge < -0.3 is 4.90 Å². The van der Waals surface area contributed by atoms with Crippen LogP contribution < -0.4 is 4.90 Å². The molecule has 0 saturated carbocycles. The number of hydrogen-bond acceptors (Lipinski definition) is 7. The smallest absolute Gasteiger partial charge is 0.159 e. The highest BCUT2D eigenvalue weighted by Gasteiger charge is 2.16. The molecule has 7 heteroatoms. The van der Waals surface area contributed by atoms with Crippen LogP contribution in [0, 0.1) is 0 Å². The van der Waals surface area contributed by atoms with Crippen molar-refractivity contribution in [1.82, 2.24) is 24.9 Å². The third kappa shape index (κ3) is 5.41. The third-order valence-corrected chi connectivity index (χ3v) is 10.5. The normalized spacial score (nSPS) is 11.5. The Labute approximate surface area is 303 Å². The minimum Gasteiger partial charge on any atom is -0.311 e. The number of aromatic nitrogens is 5. The summed E-state index contributed by atoms with van der Waals surface area (Å²) in [6, 6.07) is 54.4. The Hall–Kier alpha value is -6.83. The number of anilines is 3. The Morgan fingerprint density at radius 2 is 0.904 bits per heavy atom. The second-order valence-electron chi connectivity index (χ2n) is 12.6. The van der Waals surface area contributed by atoms with Crippen molar-refractivity contribution >= 4 is 70.5 Å². The van der Waals surface area contributed by atoms with Crippen LogP contribution in [0.4, 0.5) is 17.1 Å².